The maximum Gasteiger partial charge on any atom is 0.238 e. The molecule has 0 saturated carbocycles. The van der Waals surface area contributed by atoms with Gasteiger partial charge < -0.3 is 4.42 Å². The molecular formula is C67H44N4O. The molecule has 1 spiro atoms. The van der Waals surface area contributed by atoms with Crippen molar-refractivity contribution in [3.05, 3.63) is 264 Å². The third kappa shape index (κ3) is 5.56. The Balaban J connectivity index is 1.05. The molecule has 72 heavy (non-hydrogen) atoms. The molecule has 3 aliphatic carbocycles. The van der Waals surface area contributed by atoms with Crippen LogP contribution in [0.1, 0.15) is 47.2 Å². The summed E-state index contributed by atoms with van der Waals surface area (Å²) in [5.74, 6) is 1.66. The Morgan fingerprint density at radius 1 is 0.361 bits per heavy atom. The molecule has 3 aliphatic rings. The first kappa shape index (κ1) is 40.7. The average Bonchev–Trinajstić information content (AvgIpc) is 4.14. The minimum Gasteiger partial charge on any atom is -0.456 e. The Morgan fingerprint density at radius 3 is 1.60 bits per heavy atom. The molecule has 0 fully saturated rings. The molecule has 5 heteroatoms. The van der Waals surface area contributed by atoms with E-state index in [0.717, 1.165) is 66.7 Å². The van der Waals surface area contributed by atoms with Crippen molar-refractivity contribution in [3.63, 3.8) is 0 Å². The third-order valence-electron chi connectivity index (χ3n) is 15.8. The molecule has 5 nitrogen and oxygen atoms in total. The van der Waals surface area contributed by atoms with Gasteiger partial charge in [0.2, 0.25) is 5.95 Å². The molecule has 0 bridgehead atoms. The van der Waals surface area contributed by atoms with Crippen LogP contribution in [0.3, 0.4) is 0 Å². The number of anilines is 3. The van der Waals surface area contributed by atoms with Crippen molar-refractivity contribution in [1.82, 2.24) is 15.0 Å². The molecule has 0 radical (unpaired) electrons. The number of rotatable bonds is 6. The lowest BCUT2D eigenvalue weighted by Gasteiger charge is -2.31. The minimum atomic E-state index is -0.545. The number of aromatic nitrogens is 3. The molecular weight excluding hydrogens is 877 g/mol. The summed E-state index contributed by atoms with van der Waals surface area (Å²) in [6.45, 7) is 4.64. The van der Waals surface area contributed by atoms with E-state index in [1.165, 1.54) is 55.6 Å². The van der Waals surface area contributed by atoms with Gasteiger partial charge in [0.1, 0.15) is 11.2 Å². The first-order valence-electron chi connectivity index (χ1n) is 24.8. The SMILES string of the molecule is CC1(C)c2ccccc2-c2c(-c3nc(-c4cccc5oc6ccccc6c45)nc(N(c4ccc(-c5ccccc5)cc4)c4cccc5c4-c4ccccc4C54c5ccccc5-c5ccccc54)n3)cccc21. The lowest BCUT2D eigenvalue weighted by molar-refractivity contribution is 0.660. The van der Waals surface area contributed by atoms with Gasteiger partial charge in [-0.15, -0.1) is 0 Å². The normalized spacial score (nSPS) is 13.9. The molecule has 12 aromatic rings. The second-order valence-corrected chi connectivity index (χ2v) is 19.8. The fourth-order valence-corrected chi connectivity index (χ4v) is 12.7. The molecule has 15 rings (SSSR count). The molecule has 0 aliphatic heterocycles. The number of nitrogens with zero attached hydrogens (tertiary/aromatic N) is 4. The molecule has 2 aromatic heterocycles. The summed E-state index contributed by atoms with van der Waals surface area (Å²) < 4.78 is 6.51. The fraction of sp³-hybridized carbons (Fsp3) is 0.0597. The van der Waals surface area contributed by atoms with Gasteiger partial charge >= 0.3 is 0 Å². The van der Waals surface area contributed by atoms with E-state index in [9.17, 15) is 0 Å². The molecule has 0 atom stereocenters. The van der Waals surface area contributed by atoms with E-state index in [0.29, 0.717) is 17.6 Å². The number of benzene rings is 10. The Labute approximate surface area is 417 Å². The largest absolute Gasteiger partial charge is 0.456 e. The summed E-state index contributed by atoms with van der Waals surface area (Å²) in [6, 6.07) is 83.0. The predicted octanol–water partition coefficient (Wildman–Crippen LogP) is 16.9. The lowest BCUT2D eigenvalue weighted by Crippen LogP contribution is -2.26. The van der Waals surface area contributed by atoms with Crippen LogP contribution in [-0.4, -0.2) is 15.0 Å². The van der Waals surface area contributed by atoms with Crippen molar-refractivity contribution in [2.75, 3.05) is 4.90 Å². The molecule has 338 valence electrons. The molecule has 0 amide bonds. The second kappa shape index (κ2) is 15.2. The molecule has 10 aromatic carbocycles. The van der Waals surface area contributed by atoms with Crippen LogP contribution < -0.4 is 4.90 Å². The van der Waals surface area contributed by atoms with E-state index in [4.69, 9.17) is 19.4 Å². The van der Waals surface area contributed by atoms with Crippen LogP contribution in [0, 0.1) is 0 Å². The highest BCUT2D eigenvalue weighted by molar-refractivity contribution is 6.12. The number of para-hydroxylation sites is 1. The molecule has 0 saturated heterocycles. The number of hydrogen-bond acceptors (Lipinski definition) is 5. The van der Waals surface area contributed by atoms with E-state index in [2.05, 4.69) is 225 Å². The monoisotopic (exact) mass is 920 g/mol. The van der Waals surface area contributed by atoms with Crippen molar-refractivity contribution < 1.29 is 4.42 Å². The summed E-state index contributed by atoms with van der Waals surface area (Å²) in [6.07, 6.45) is 0. The zero-order valence-corrected chi connectivity index (χ0v) is 39.6. The maximum absolute atomic E-state index is 6.51. The van der Waals surface area contributed by atoms with Crippen LogP contribution in [0.25, 0.3) is 89.2 Å². The standard InChI is InChI=1S/C67H44N4O/c1-66(2)51-28-11-8-23-46(51)60-49(26-16-32-55(60)66)63-68-64(50-27-17-36-59-61(50)48-25-10-15-35-58(48)72-59)70-65(69-63)71(43-39-37-42(38-40-43)41-19-4-3-5-20-41)57-34-18-33-56-62(57)47-24-9-14-31-54(47)67(56)52-29-12-6-21-44(52)45-22-7-13-30-53(45)67/h3-40H,1-2H3. The van der Waals surface area contributed by atoms with Gasteiger partial charge in [-0.3, -0.25) is 4.90 Å². The summed E-state index contributed by atoms with van der Waals surface area (Å²) in [5.41, 5.74) is 21.7. The predicted molar refractivity (Wildman–Crippen MR) is 292 cm³/mol. The first-order chi connectivity index (χ1) is 35.5. The minimum absolute atomic E-state index is 0.222. The van der Waals surface area contributed by atoms with E-state index >= 15 is 0 Å². The topological polar surface area (TPSA) is 55.1 Å². The highest BCUT2D eigenvalue weighted by Gasteiger charge is 2.52. The van der Waals surface area contributed by atoms with Crippen molar-refractivity contribution >= 4 is 39.3 Å². The van der Waals surface area contributed by atoms with E-state index in [1.807, 2.05) is 24.3 Å². The number of fused-ring (bicyclic) bond motifs is 16. The van der Waals surface area contributed by atoms with Gasteiger partial charge in [0.25, 0.3) is 0 Å². The summed E-state index contributed by atoms with van der Waals surface area (Å²) >= 11 is 0. The summed E-state index contributed by atoms with van der Waals surface area (Å²) in [5, 5.41) is 1.98. The fourth-order valence-electron chi connectivity index (χ4n) is 12.7. The zero-order valence-electron chi connectivity index (χ0n) is 39.6. The van der Waals surface area contributed by atoms with Gasteiger partial charge in [-0.2, -0.15) is 9.97 Å². The Bertz CT molecular complexity index is 4160. The van der Waals surface area contributed by atoms with Crippen molar-refractivity contribution in [3.8, 4) is 67.3 Å². The van der Waals surface area contributed by atoms with Crippen LogP contribution in [0.15, 0.2) is 235 Å². The van der Waals surface area contributed by atoms with Crippen molar-refractivity contribution in [2.45, 2.75) is 24.7 Å². The van der Waals surface area contributed by atoms with Gasteiger partial charge in [-0.05, 0) is 103 Å². The van der Waals surface area contributed by atoms with Gasteiger partial charge in [-0.25, -0.2) is 4.98 Å². The van der Waals surface area contributed by atoms with Crippen molar-refractivity contribution in [2.24, 2.45) is 0 Å². The third-order valence-corrected chi connectivity index (χ3v) is 15.8. The maximum atomic E-state index is 6.51. The number of furan rings is 1. The lowest BCUT2D eigenvalue weighted by atomic mass is 9.70. The highest BCUT2D eigenvalue weighted by Crippen LogP contribution is 2.65. The smallest absolute Gasteiger partial charge is 0.238 e. The van der Waals surface area contributed by atoms with E-state index in [-0.39, 0.29) is 5.41 Å². The van der Waals surface area contributed by atoms with E-state index < -0.39 is 5.41 Å². The quantitative estimate of drug-likeness (QED) is 0.166. The van der Waals surface area contributed by atoms with Crippen molar-refractivity contribution in [1.29, 1.82) is 0 Å². The summed E-state index contributed by atoms with van der Waals surface area (Å²) in [7, 11) is 0. The Hall–Kier alpha value is -9.19. The zero-order chi connectivity index (χ0) is 47.7. The van der Waals surface area contributed by atoms with Crippen LogP contribution in [0.5, 0.6) is 0 Å². The molecule has 2 heterocycles. The van der Waals surface area contributed by atoms with Crippen LogP contribution >= 0.6 is 0 Å². The van der Waals surface area contributed by atoms with Gasteiger partial charge in [0.15, 0.2) is 11.6 Å². The average molecular weight is 921 g/mol. The second-order valence-electron chi connectivity index (χ2n) is 19.8. The van der Waals surface area contributed by atoms with Crippen LogP contribution in [0.4, 0.5) is 17.3 Å². The summed E-state index contributed by atoms with van der Waals surface area (Å²) in [4.78, 5) is 19.2. The van der Waals surface area contributed by atoms with Crippen LogP contribution in [-0.2, 0) is 10.8 Å². The number of hydrogen-bond donors (Lipinski definition) is 0. The molecule has 0 N–H and O–H groups in total. The Morgan fingerprint density at radius 2 is 0.861 bits per heavy atom. The Kier molecular flexibility index (Phi) is 8.56. The first-order valence-corrected chi connectivity index (χ1v) is 24.8. The highest BCUT2D eigenvalue weighted by atomic mass is 16.3. The van der Waals surface area contributed by atoms with Gasteiger partial charge in [0.05, 0.1) is 11.1 Å². The van der Waals surface area contributed by atoms with Gasteiger partial charge in [-0.1, -0.05) is 214 Å². The van der Waals surface area contributed by atoms with E-state index in [1.54, 1.807) is 0 Å². The van der Waals surface area contributed by atoms with Crippen LogP contribution in [0.2, 0.25) is 0 Å². The molecule has 0 unspecified atom stereocenters. The van der Waals surface area contributed by atoms with Gasteiger partial charge in [0, 0.05) is 38.6 Å².